The SMILES string of the molecule is Cc1cccc(Oc2ccccc2NC(=O)c2ccc(NC(=O)CSc3nnnn3C)cc2)c1. The lowest BCUT2D eigenvalue weighted by atomic mass is 10.2. The second kappa shape index (κ2) is 10.6. The number of carbonyl (C=O) groups is 2. The van der Waals surface area contributed by atoms with E-state index in [9.17, 15) is 9.59 Å². The zero-order chi connectivity index (χ0) is 23.9. The number of amides is 2. The summed E-state index contributed by atoms with van der Waals surface area (Å²) in [5.41, 5.74) is 2.67. The zero-order valence-electron chi connectivity index (χ0n) is 18.6. The number of ether oxygens (including phenoxy) is 1. The van der Waals surface area contributed by atoms with Crippen molar-refractivity contribution in [3.05, 3.63) is 83.9 Å². The Morgan fingerprint density at radius 2 is 1.79 bits per heavy atom. The Kier molecular flexibility index (Phi) is 7.19. The van der Waals surface area contributed by atoms with Crippen molar-refractivity contribution in [3.63, 3.8) is 0 Å². The Hall–Kier alpha value is -4.18. The number of hydrogen-bond acceptors (Lipinski definition) is 7. The van der Waals surface area contributed by atoms with Crippen LogP contribution < -0.4 is 15.4 Å². The highest BCUT2D eigenvalue weighted by molar-refractivity contribution is 7.99. The van der Waals surface area contributed by atoms with E-state index in [2.05, 4.69) is 26.2 Å². The maximum Gasteiger partial charge on any atom is 0.255 e. The summed E-state index contributed by atoms with van der Waals surface area (Å²) in [7, 11) is 1.71. The molecule has 0 radical (unpaired) electrons. The van der Waals surface area contributed by atoms with Gasteiger partial charge in [-0.15, -0.1) is 5.10 Å². The third kappa shape index (κ3) is 5.99. The van der Waals surface area contributed by atoms with E-state index in [-0.39, 0.29) is 17.6 Å². The third-order valence-corrected chi connectivity index (χ3v) is 5.71. The van der Waals surface area contributed by atoms with Gasteiger partial charge in [0.25, 0.3) is 5.91 Å². The van der Waals surface area contributed by atoms with Crippen molar-refractivity contribution in [1.29, 1.82) is 0 Å². The van der Waals surface area contributed by atoms with Crippen molar-refractivity contribution in [2.24, 2.45) is 7.05 Å². The van der Waals surface area contributed by atoms with E-state index < -0.39 is 0 Å². The molecule has 2 N–H and O–H groups in total. The third-order valence-electron chi connectivity index (χ3n) is 4.70. The highest BCUT2D eigenvalue weighted by Gasteiger charge is 2.12. The molecule has 0 saturated heterocycles. The van der Waals surface area contributed by atoms with E-state index in [4.69, 9.17) is 4.74 Å². The Morgan fingerprint density at radius 1 is 1.00 bits per heavy atom. The maximum absolute atomic E-state index is 12.8. The largest absolute Gasteiger partial charge is 0.455 e. The zero-order valence-corrected chi connectivity index (χ0v) is 19.4. The predicted molar refractivity (Wildman–Crippen MR) is 130 cm³/mol. The number of hydrogen-bond donors (Lipinski definition) is 2. The van der Waals surface area contributed by atoms with Gasteiger partial charge in [0.2, 0.25) is 11.1 Å². The van der Waals surface area contributed by atoms with Crippen LogP contribution in [0.5, 0.6) is 11.5 Å². The standard InChI is InChI=1S/C24H22N6O3S/c1-16-6-5-7-19(14-16)33-21-9-4-3-8-20(21)26-23(32)17-10-12-18(13-11-17)25-22(31)15-34-24-27-28-29-30(24)2/h3-14H,15H2,1-2H3,(H,25,31)(H,26,32). The van der Waals surface area contributed by atoms with Crippen LogP contribution in [0.3, 0.4) is 0 Å². The number of nitrogens with zero attached hydrogens (tertiary/aromatic N) is 4. The molecule has 1 aromatic heterocycles. The van der Waals surface area contributed by atoms with Crippen molar-refractivity contribution < 1.29 is 14.3 Å². The number of rotatable bonds is 8. The summed E-state index contributed by atoms with van der Waals surface area (Å²) in [4.78, 5) is 25.0. The first-order chi connectivity index (χ1) is 16.5. The van der Waals surface area contributed by atoms with Gasteiger partial charge in [0.05, 0.1) is 11.4 Å². The number of aromatic nitrogens is 4. The number of benzene rings is 3. The van der Waals surface area contributed by atoms with Gasteiger partial charge in [0.1, 0.15) is 5.75 Å². The first kappa shape index (κ1) is 23.0. The van der Waals surface area contributed by atoms with Crippen LogP contribution in [0, 0.1) is 6.92 Å². The van der Waals surface area contributed by atoms with Gasteiger partial charge in [-0.05, 0) is 71.4 Å². The second-order valence-corrected chi connectivity index (χ2v) is 8.31. The molecule has 1 heterocycles. The lowest BCUT2D eigenvalue weighted by Gasteiger charge is -2.13. The molecule has 0 saturated carbocycles. The summed E-state index contributed by atoms with van der Waals surface area (Å²) in [6.45, 7) is 1.99. The summed E-state index contributed by atoms with van der Waals surface area (Å²) in [5.74, 6) is 0.904. The van der Waals surface area contributed by atoms with Crippen molar-refractivity contribution in [3.8, 4) is 11.5 Å². The second-order valence-electron chi connectivity index (χ2n) is 7.37. The van der Waals surface area contributed by atoms with Crippen LogP contribution >= 0.6 is 11.8 Å². The minimum atomic E-state index is -0.288. The van der Waals surface area contributed by atoms with Gasteiger partial charge in [-0.2, -0.15) is 0 Å². The van der Waals surface area contributed by atoms with Crippen LogP contribution in [-0.4, -0.2) is 37.8 Å². The molecule has 172 valence electrons. The molecule has 3 aromatic carbocycles. The number of thioether (sulfide) groups is 1. The van der Waals surface area contributed by atoms with Gasteiger partial charge >= 0.3 is 0 Å². The van der Waals surface area contributed by atoms with Crippen LogP contribution in [0.15, 0.2) is 78.0 Å². The van der Waals surface area contributed by atoms with E-state index >= 15 is 0 Å². The summed E-state index contributed by atoms with van der Waals surface area (Å²) >= 11 is 1.23. The summed E-state index contributed by atoms with van der Waals surface area (Å²) < 4.78 is 7.46. The fourth-order valence-electron chi connectivity index (χ4n) is 3.03. The van der Waals surface area contributed by atoms with E-state index in [1.54, 1.807) is 43.4 Å². The van der Waals surface area contributed by atoms with E-state index in [0.29, 0.717) is 33.6 Å². The molecule has 0 aliphatic rings. The van der Waals surface area contributed by atoms with Crippen molar-refractivity contribution in [2.75, 3.05) is 16.4 Å². The van der Waals surface area contributed by atoms with Gasteiger partial charge in [-0.25, -0.2) is 4.68 Å². The maximum atomic E-state index is 12.8. The molecule has 9 nitrogen and oxygen atoms in total. The highest BCUT2D eigenvalue weighted by Crippen LogP contribution is 2.30. The molecular weight excluding hydrogens is 452 g/mol. The molecule has 10 heteroatoms. The minimum absolute atomic E-state index is 0.161. The number of anilines is 2. The molecule has 0 bridgehead atoms. The van der Waals surface area contributed by atoms with Gasteiger partial charge in [0.15, 0.2) is 5.75 Å². The van der Waals surface area contributed by atoms with Crippen LogP contribution in [0.4, 0.5) is 11.4 Å². The van der Waals surface area contributed by atoms with Crippen molar-refractivity contribution in [1.82, 2.24) is 20.2 Å². The van der Waals surface area contributed by atoms with E-state index in [1.165, 1.54) is 16.4 Å². The van der Waals surface area contributed by atoms with Gasteiger partial charge in [0, 0.05) is 18.3 Å². The Morgan fingerprint density at radius 3 is 2.53 bits per heavy atom. The van der Waals surface area contributed by atoms with Gasteiger partial charge < -0.3 is 15.4 Å². The summed E-state index contributed by atoms with van der Waals surface area (Å²) in [5, 5.41) is 17.3. The minimum Gasteiger partial charge on any atom is -0.455 e. The van der Waals surface area contributed by atoms with Crippen LogP contribution in [0.25, 0.3) is 0 Å². The smallest absolute Gasteiger partial charge is 0.255 e. The number of tetrazole rings is 1. The number of nitrogens with one attached hydrogen (secondary N) is 2. The lowest BCUT2D eigenvalue weighted by Crippen LogP contribution is -2.15. The van der Waals surface area contributed by atoms with E-state index in [0.717, 1.165) is 5.56 Å². The summed E-state index contributed by atoms with van der Waals surface area (Å²) in [6, 6.07) is 21.6. The monoisotopic (exact) mass is 474 g/mol. The first-order valence-electron chi connectivity index (χ1n) is 10.4. The van der Waals surface area contributed by atoms with Gasteiger partial charge in [-0.3, -0.25) is 9.59 Å². The normalized spacial score (nSPS) is 10.5. The molecule has 0 fully saturated rings. The fourth-order valence-corrected chi connectivity index (χ4v) is 3.68. The molecule has 0 unspecified atom stereocenters. The number of aryl methyl sites for hydroxylation is 2. The molecule has 34 heavy (non-hydrogen) atoms. The Bertz CT molecular complexity index is 1310. The van der Waals surface area contributed by atoms with Crippen LogP contribution in [-0.2, 0) is 11.8 Å². The van der Waals surface area contributed by atoms with Crippen LogP contribution in [0.2, 0.25) is 0 Å². The molecule has 4 rings (SSSR count). The molecule has 0 aliphatic carbocycles. The van der Waals surface area contributed by atoms with E-state index in [1.807, 2.05) is 43.3 Å². The predicted octanol–water partition coefficient (Wildman–Crippen LogP) is 4.29. The quantitative estimate of drug-likeness (QED) is 0.366. The molecule has 2 amide bonds. The fraction of sp³-hybridized carbons (Fsp3) is 0.125. The van der Waals surface area contributed by atoms with Crippen molar-refractivity contribution in [2.45, 2.75) is 12.1 Å². The summed E-state index contributed by atoms with van der Waals surface area (Å²) in [6.07, 6.45) is 0. The lowest BCUT2D eigenvalue weighted by molar-refractivity contribution is -0.113. The molecular formula is C24H22N6O3S. The molecule has 0 aliphatic heterocycles. The average Bonchev–Trinajstić information content (AvgIpc) is 3.24. The number of carbonyl (C=O) groups excluding carboxylic acids is 2. The highest BCUT2D eigenvalue weighted by atomic mass is 32.2. The average molecular weight is 475 g/mol. The molecule has 0 spiro atoms. The molecule has 0 atom stereocenters. The topological polar surface area (TPSA) is 111 Å². The van der Waals surface area contributed by atoms with Crippen LogP contribution in [0.1, 0.15) is 15.9 Å². The Balaban J connectivity index is 1.36. The first-order valence-corrected chi connectivity index (χ1v) is 11.4. The molecule has 4 aromatic rings. The van der Waals surface area contributed by atoms with Gasteiger partial charge in [-0.1, -0.05) is 36.0 Å². The number of para-hydroxylation sites is 2. The van der Waals surface area contributed by atoms with Crippen molar-refractivity contribution >= 4 is 35.0 Å². The Labute approximate surface area is 200 Å².